The van der Waals surface area contributed by atoms with Gasteiger partial charge in [0.1, 0.15) is 0 Å². The minimum Gasteiger partial charge on any atom is -0.321 e. The molecule has 4 rings (SSSR count). The van der Waals surface area contributed by atoms with Crippen molar-refractivity contribution in [1.82, 2.24) is 9.13 Å². The van der Waals surface area contributed by atoms with Crippen LogP contribution in [0.15, 0.2) is 82.0 Å². The predicted octanol–water partition coefficient (Wildman–Crippen LogP) is 7.72. The lowest BCUT2D eigenvalue weighted by atomic mass is 10.1. The minimum atomic E-state index is 1.06. The predicted molar refractivity (Wildman–Crippen MR) is 125 cm³/mol. The fourth-order valence-corrected chi connectivity index (χ4v) is 4.10. The van der Waals surface area contributed by atoms with Gasteiger partial charge in [0.05, 0.1) is 0 Å². The first-order chi connectivity index (χ1) is 13.5. The Morgan fingerprint density at radius 1 is 0.714 bits per heavy atom. The Kier molecular flexibility index (Phi) is 5.61. The summed E-state index contributed by atoms with van der Waals surface area (Å²) in [6, 6.07) is 21.5. The van der Waals surface area contributed by atoms with Crippen molar-refractivity contribution in [2.45, 2.75) is 26.7 Å². The van der Waals surface area contributed by atoms with Gasteiger partial charge in [-0.25, -0.2) is 0 Å². The molecule has 4 heteroatoms. The number of rotatable bonds is 5. The van der Waals surface area contributed by atoms with Gasteiger partial charge in [0.2, 0.25) is 0 Å². The van der Waals surface area contributed by atoms with Crippen molar-refractivity contribution in [3.63, 3.8) is 0 Å². The molecule has 2 aromatic carbocycles. The third-order valence-electron chi connectivity index (χ3n) is 4.96. The van der Waals surface area contributed by atoms with Crippen LogP contribution in [0.25, 0.3) is 22.5 Å². The van der Waals surface area contributed by atoms with Gasteiger partial charge in [-0.2, -0.15) is 0 Å². The van der Waals surface area contributed by atoms with Crippen molar-refractivity contribution >= 4 is 31.9 Å². The van der Waals surface area contributed by atoms with Crippen molar-refractivity contribution < 1.29 is 0 Å². The van der Waals surface area contributed by atoms with Crippen molar-refractivity contribution in [3.05, 3.63) is 93.4 Å². The average molecular weight is 498 g/mol. The van der Waals surface area contributed by atoms with Crippen LogP contribution in [0.5, 0.6) is 0 Å². The van der Waals surface area contributed by atoms with Crippen LogP contribution in [-0.2, 0) is 6.42 Å². The maximum absolute atomic E-state index is 3.53. The quantitative estimate of drug-likeness (QED) is 0.267. The molecule has 0 saturated carbocycles. The first-order valence-electron chi connectivity index (χ1n) is 9.47. The van der Waals surface area contributed by atoms with E-state index in [9.17, 15) is 0 Å². The van der Waals surface area contributed by atoms with Crippen molar-refractivity contribution in [3.8, 4) is 22.5 Å². The summed E-state index contributed by atoms with van der Waals surface area (Å²) < 4.78 is 6.76. The maximum atomic E-state index is 3.53. The van der Waals surface area contributed by atoms with Crippen LogP contribution in [0.3, 0.4) is 0 Å². The fourth-order valence-electron chi connectivity index (χ4n) is 3.57. The molecule has 28 heavy (non-hydrogen) atoms. The lowest BCUT2D eigenvalue weighted by molar-refractivity contribution is 0.843. The van der Waals surface area contributed by atoms with E-state index in [-0.39, 0.29) is 0 Å². The van der Waals surface area contributed by atoms with E-state index in [2.05, 4.69) is 128 Å². The Morgan fingerprint density at radius 2 is 1.21 bits per heavy atom. The van der Waals surface area contributed by atoms with Crippen LogP contribution < -0.4 is 0 Å². The standard InChI is InChI=1S/C24H22Br2N2/c1-3-4-24-14-19(16-28(24)23-11-7-21(26)8-12-23)18-13-17(2)27(15-18)22-9-5-20(25)6-10-22/h5-16H,3-4H2,1-2H3. The van der Waals surface area contributed by atoms with Crippen LogP contribution >= 0.6 is 31.9 Å². The van der Waals surface area contributed by atoms with Crippen LogP contribution in [0, 0.1) is 6.92 Å². The van der Waals surface area contributed by atoms with E-state index in [1.807, 2.05) is 0 Å². The molecule has 0 atom stereocenters. The molecule has 0 unspecified atom stereocenters. The highest BCUT2D eigenvalue weighted by atomic mass is 79.9. The number of halogens is 2. The minimum absolute atomic E-state index is 1.06. The number of aryl methyl sites for hydroxylation is 2. The lowest BCUT2D eigenvalue weighted by Crippen LogP contribution is -1.97. The molecule has 0 bridgehead atoms. The van der Waals surface area contributed by atoms with Crippen LogP contribution in [-0.4, -0.2) is 9.13 Å². The van der Waals surface area contributed by atoms with Crippen LogP contribution in [0.2, 0.25) is 0 Å². The summed E-state index contributed by atoms with van der Waals surface area (Å²) in [6.07, 6.45) is 6.67. The van der Waals surface area contributed by atoms with Crippen LogP contribution in [0.4, 0.5) is 0 Å². The Balaban J connectivity index is 1.75. The third-order valence-corrected chi connectivity index (χ3v) is 6.02. The summed E-state index contributed by atoms with van der Waals surface area (Å²) in [7, 11) is 0. The Morgan fingerprint density at radius 3 is 1.79 bits per heavy atom. The second-order valence-corrected chi connectivity index (χ2v) is 8.86. The topological polar surface area (TPSA) is 9.86 Å². The SMILES string of the molecule is CCCc1cc(-c2cc(C)n(-c3ccc(Br)cc3)c2)cn1-c1ccc(Br)cc1. The largest absolute Gasteiger partial charge is 0.321 e. The van der Waals surface area contributed by atoms with Gasteiger partial charge in [-0.3, -0.25) is 0 Å². The van der Waals surface area contributed by atoms with Gasteiger partial charge in [0.25, 0.3) is 0 Å². The molecule has 0 aliphatic rings. The highest BCUT2D eigenvalue weighted by molar-refractivity contribution is 9.10. The van der Waals surface area contributed by atoms with Gasteiger partial charge in [-0.05, 0) is 74.0 Å². The summed E-state index contributed by atoms with van der Waals surface area (Å²) in [5.74, 6) is 0. The summed E-state index contributed by atoms with van der Waals surface area (Å²) in [6.45, 7) is 4.39. The summed E-state index contributed by atoms with van der Waals surface area (Å²) in [5, 5.41) is 0. The molecule has 0 amide bonds. The number of hydrogen-bond donors (Lipinski definition) is 0. The molecule has 142 valence electrons. The molecule has 0 aliphatic heterocycles. The zero-order valence-electron chi connectivity index (χ0n) is 16.0. The van der Waals surface area contributed by atoms with E-state index >= 15 is 0 Å². The monoisotopic (exact) mass is 496 g/mol. The number of hydrogen-bond acceptors (Lipinski definition) is 0. The van der Waals surface area contributed by atoms with Gasteiger partial charge >= 0.3 is 0 Å². The fraction of sp³-hybridized carbons (Fsp3) is 0.167. The Labute approximate surface area is 183 Å². The lowest BCUT2D eigenvalue weighted by Gasteiger charge is -2.08. The second kappa shape index (κ2) is 8.14. The zero-order valence-corrected chi connectivity index (χ0v) is 19.2. The number of nitrogens with zero attached hydrogens (tertiary/aromatic N) is 2. The molecule has 0 spiro atoms. The molecule has 0 saturated heterocycles. The van der Waals surface area contributed by atoms with Crippen molar-refractivity contribution in [2.75, 3.05) is 0 Å². The normalized spacial score (nSPS) is 11.1. The number of benzene rings is 2. The third kappa shape index (κ3) is 3.89. The zero-order chi connectivity index (χ0) is 19.7. The second-order valence-electron chi connectivity index (χ2n) is 7.03. The average Bonchev–Trinajstić information content (AvgIpc) is 3.27. The van der Waals surface area contributed by atoms with E-state index in [0.29, 0.717) is 0 Å². The van der Waals surface area contributed by atoms with Crippen molar-refractivity contribution in [2.24, 2.45) is 0 Å². The molecule has 0 N–H and O–H groups in total. The van der Waals surface area contributed by atoms with E-state index in [1.165, 1.54) is 33.9 Å². The summed E-state index contributed by atoms with van der Waals surface area (Å²) in [5.41, 5.74) is 7.44. The molecule has 0 aliphatic carbocycles. The summed E-state index contributed by atoms with van der Waals surface area (Å²) >= 11 is 7.05. The molecule has 0 fully saturated rings. The molecule has 2 nitrogen and oxygen atoms in total. The highest BCUT2D eigenvalue weighted by Gasteiger charge is 2.12. The highest BCUT2D eigenvalue weighted by Crippen LogP contribution is 2.29. The molecule has 2 aromatic heterocycles. The van der Waals surface area contributed by atoms with Gasteiger partial charge in [-0.1, -0.05) is 45.2 Å². The summed E-state index contributed by atoms with van der Waals surface area (Å²) in [4.78, 5) is 0. The van der Waals surface area contributed by atoms with E-state index in [1.54, 1.807) is 0 Å². The van der Waals surface area contributed by atoms with E-state index in [0.717, 1.165) is 21.8 Å². The van der Waals surface area contributed by atoms with Gasteiger partial charge < -0.3 is 9.13 Å². The first kappa shape index (κ1) is 19.3. The Bertz CT molecular complexity index is 1090. The van der Waals surface area contributed by atoms with Crippen molar-refractivity contribution in [1.29, 1.82) is 0 Å². The van der Waals surface area contributed by atoms with Gasteiger partial charge in [0, 0.05) is 55.2 Å². The molecular formula is C24H22Br2N2. The van der Waals surface area contributed by atoms with Gasteiger partial charge in [0.15, 0.2) is 0 Å². The van der Waals surface area contributed by atoms with E-state index < -0.39 is 0 Å². The number of aromatic nitrogens is 2. The Hall–Kier alpha value is -2.04. The maximum Gasteiger partial charge on any atom is 0.0453 e. The molecule has 2 heterocycles. The van der Waals surface area contributed by atoms with E-state index in [4.69, 9.17) is 0 Å². The van der Waals surface area contributed by atoms with Gasteiger partial charge in [-0.15, -0.1) is 0 Å². The molecule has 4 aromatic rings. The molecular weight excluding hydrogens is 476 g/mol. The molecule has 0 radical (unpaired) electrons. The first-order valence-corrected chi connectivity index (χ1v) is 11.1. The van der Waals surface area contributed by atoms with Crippen LogP contribution in [0.1, 0.15) is 24.7 Å². The smallest absolute Gasteiger partial charge is 0.0453 e.